The minimum atomic E-state index is -0.883. The number of hydrogen-bond donors (Lipinski definition) is 2. The van der Waals surface area contributed by atoms with Gasteiger partial charge in [0.25, 0.3) is 0 Å². The second kappa shape index (κ2) is 11.5. The minimum Gasteiger partial charge on any atom is -0.508 e. The van der Waals surface area contributed by atoms with Crippen molar-refractivity contribution in [3.63, 3.8) is 0 Å². The largest absolute Gasteiger partial charge is 0.508 e. The lowest BCUT2D eigenvalue weighted by Crippen LogP contribution is -2.51. The maximum atomic E-state index is 16.9. The van der Waals surface area contributed by atoms with E-state index in [4.69, 9.17) is 32.5 Å². The Hall–Kier alpha value is -3.75. The van der Waals surface area contributed by atoms with Crippen LogP contribution >= 0.6 is 11.6 Å². The number of phenols is 1. The number of piperazine rings is 1. The molecule has 0 radical (unpaired) electrons. The highest BCUT2D eigenvalue weighted by Gasteiger charge is 2.45. The standard InChI is InChI=1S/C35H34ClF2N5O3/c1-2-24-27(36)6-3-20-13-23(44)14-25(29(20)24)30-28(37)15-26-32(31(30)38)40-34(41-33(26)43-16-21-4-5-22(17-43)39-21)46-19-35(7-8-35)18-42-9-11-45-12-10-42/h1,3,6,13-15,21-22,39,44H,4-5,7-12,16-19H2. The number of ether oxygens (including phenoxy) is 2. The van der Waals surface area contributed by atoms with Gasteiger partial charge in [0.05, 0.1) is 36.0 Å². The van der Waals surface area contributed by atoms with Crippen LogP contribution in [0.25, 0.3) is 32.8 Å². The summed E-state index contributed by atoms with van der Waals surface area (Å²) >= 11 is 6.42. The molecule has 2 atom stereocenters. The number of halogens is 3. The van der Waals surface area contributed by atoms with Crippen molar-refractivity contribution >= 4 is 39.1 Å². The van der Waals surface area contributed by atoms with E-state index in [-0.39, 0.29) is 61.9 Å². The van der Waals surface area contributed by atoms with Crippen LogP contribution in [-0.4, -0.2) is 84.6 Å². The number of phenolic OH excluding ortho intramolecular Hbond substituents is 1. The molecule has 2 N–H and O–H groups in total. The van der Waals surface area contributed by atoms with E-state index in [1.54, 1.807) is 12.1 Å². The Morgan fingerprint density at radius 1 is 1.11 bits per heavy atom. The van der Waals surface area contributed by atoms with E-state index in [1.807, 2.05) is 0 Å². The first-order valence-corrected chi connectivity index (χ1v) is 16.2. The summed E-state index contributed by atoms with van der Waals surface area (Å²) in [5.74, 6) is 1.15. The number of rotatable bonds is 7. The number of nitrogens with zero attached hydrogens (tertiary/aromatic N) is 4. The van der Waals surface area contributed by atoms with E-state index in [2.05, 4.69) is 26.0 Å². The van der Waals surface area contributed by atoms with E-state index in [0.29, 0.717) is 36.3 Å². The third-order valence-corrected chi connectivity index (χ3v) is 10.3. The number of nitrogens with one attached hydrogen (secondary N) is 1. The normalized spacial score (nSPS) is 22.3. The van der Waals surface area contributed by atoms with Crippen molar-refractivity contribution in [2.45, 2.75) is 37.8 Å². The van der Waals surface area contributed by atoms with E-state index in [9.17, 15) is 5.11 Å². The predicted octanol–water partition coefficient (Wildman–Crippen LogP) is 5.50. The van der Waals surface area contributed by atoms with Gasteiger partial charge in [0.1, 0.15) is 22.9 Å². The number of aromatic nitrogens is 2. The minimum absolute atomic E-state index is 0.0121. The highest BCUT2D eigenvalue weighted by Crippen LogP contribution is 2.47. The highest BCUT2D eigenvalue weighted by atomic mass is 35.5. The molecule has 3 aromatic carbocycles. The monoisotopic (exact) mass is 645 g/mol. The fraction of sp³-hybridized carbons (Fsp3) is 0.429. The van der Waals surface area contributed by atoms with Crippen LogP contribution < -0.4 is 15.0 Å². The number of aromatic hydroxyl groups is 1. The van der Waals surface area contributed by atoms with Crippen LogP contribution in [0, 0.1) is 29.4 Å². The smallest absolute Gasteiger partial charge is 0.319 e. The zero-order chi connectivity index (χ0) is 31.6. The van der Waals surface area contributed by atoms with Crippen molar-refractivity contribution in [1.82, 2.24) is 20.2 Å². The molecule has 1 saturated carbocycles. The van der Waals surface area contributed by atoms with Crippen molar-refractivity contribution in [3.05, 3.63) is 52.6 Å². The molecule has 46 heavy (non-hydrogen) atoms. The Kier molecular flexibility index (Phi) is 7.41. The molecule has 1 aromatic heterocycles. The van der Waals surface area contributed by atoms with Gasteiger partial charge < -0.3 is 24.8 Å². The second-order valence-corrected chi connectivity index (χ2v) is 13.6. The van der Waals surface area contributed by atoms with Gasteiger partial charge in [-0.2, -0.15) is 9.97 Å². The third kappa shape index (κ3) is 5.29. The van der Waals surface area contributed by atoms with Crippen molar-refractivity contribution in [1.29, 1.82) is 0 Å². The molecule has 2 unspecified atom stereocenters. The lowest BCUT2D eigenvalue weighted by atomic mass is 9.93. The molecule has 0 amide bonds. The summed E-state index contributed by atoms with van der Waals surface area (Å²) in [5.41, 5.74) is -0.0448. The number of hydrogen-bond acceptors (Lipinski definition) is 8. The van der Waals surface area contributed by atoms with Crippen LogP contribution in [-0.2, 0) is 4.74 Å². The zero-order valence-corrected chi connectivity index (χ0v) is 26.0. The molecule has 1 aliphatic carbocycles. The molecule has 11 heteroatoms. The Morgan fingerprint density at radius 2 is 1.87 bits per heavy atom. The maximum Gasteiger partial charge on any atom is 0.319 e. The van der Waals surface area contributed by atoms with Gasteiger partial charge in [-0.3, -0.25) is 4.90 Å². The highest BCUT2D eigenvalue weighted by molar-refractivity contribution is 6.33. The van der Waals surface area contributed by atoms with Crippen LogP contribution in [0.1, 0.15) is 31.2 Å². The van der Waals surface area contributed by atoms with Gasteiger partial charge in [-0.25, -0.2) is 8.78 Å². The fourth-order valence-corrected chi connectivity index (χ4v) is 7.63. The summed E-state index contributed by atoms with van der Waals surface area (Å²) in [6.45, 7) is 5.85. The van der Waals surface area contributed by atoms with Crippen molar-refractivity contribution in [2.75, 3.05) is 57.4 Å². The number of terminal acetylenes is 1. The van der Waals surface area contributed by atoms with Gasteiger partial charge in [0.2, 0.25) is 0 Å². The summed E-state index contributed by atoms with van der Waals surface area (Å²) in [6.07, 6.45) is 9.94. The number of fused-ring (bicyclic) bond motifs is 4. The molecule has 238 valence electrons. The van der Waals surface area contributed by atoms with Crippen molar-refractivity contribution < 1.29 is 23.4 Å². The molecule has 8 nitrogen and oxygen atoms in total. The molecule has 4 heterocycles. The molecule has 0 spiro atoms. The molecule has 3 saturated heterocycles. The molecule has 8 rings (SSSR count). The zero-order valence-electron chi connectivity index (χ0n) is 25.3. The molecule has 4 aromatic rings. The average molecular weight is 646 g/mol. The second-order valence-electron chi connectivity index (χ2n) is 13.2. The van der Waals surface area contributed by atoms with Gasteiger partial charge in [0, 0.05) is 66.6 Å². The summed E-state index contributed by atoms with van der Waals surface area (Å²) in [6, 6.07) is 7.95. The predicted molar refractivity (Wildman–Crippen MR) is 174 cm³/mol. The Morgan fingerprint density at radius 3 is 2.59 bits per heavy atom. The molecular weight excluding hydrogens is 612 g/mol. The topological polar surface area (TPSA) is 83.0 Å². The summed E-state index contributed by atoms with van der Waals surface area (Å²) in [4.78, 5) is 13.9. The quantitative estimate of drug-likeness (QED) is 0.255. The van der Waals surface area contributed by atoms with E-state index in [0.717, 1.165) is 58.5 Å². The number of anilines is 1. The molecule has 2 bridgehead atoms. The van der Waals surface area contributed by atoms with E-state index in [1.165, 1.54) is 18.2 Å². The fourth-order valence-electron chi connectivity index (χ4n) is 7.42. The van der Waals surface area contributed by atoms with Gasteiger partial charge >= 0.3 is 6.01 Å². The van der Waals surface area contributed by atoms with Crippen LogP contribution in [0.4, 0.5) is 14.6 Å². The van der Waals surface area contributed by atoms with Crippen molar-refractivity contribution in [2.24, 2.45) is 5.41 Å². The Balaban J connectivity index is 1.25. The van der Waals surface area contributed by atoms with Gasteiger partial charge in [-0.15, -0.1) is 6.42 Å². The summed E-state index contributed by atoms with van der Waals surface area (Å²) in [5, 5.41) is 15.6. The van der Waals surface area contributed by atoms with Crippen LogP contribution in [0.15, 0.2) is 30.3 Å². The summed E-state index contributed by atoms with van der Waals surface area (Å²) < 4.78 is 45.0. The van der Waals surface area contributed by atoms with Gasteiger partial charge in [0.15, 0.2) is 5.82 Å². The molecule has 4 aliphatic rings. The lowest BCUT2D eigenvalue weighted by molar-refractivity contribution is 0.0231. The Bertz CT molecular complexity index is 1890. The SMILES string of the molecule is C#Cc1c(Cl)ccc2cc(O)cc(-c3c(F)cc4c(N5CC6CCC(C5)N6)nc(OCC5(CN6CCOCC6)CC5)nc4c3F)c12. The maximum absolute atomic E-state index is 16.9. The van der Waals surface area contributed by atoms with Crippen LogP contribution in [0.2, 0.25) is 5.02 Å². The van der Waals surface area contributed by atoms with E-state index >= 15 is 8.78 Å². The number of benzene rings is 3. The average Bonchev–Trinajstić information content (AvgIpc) is 3.73. The first-order chi connectivity index (χ1) is 22.3. The lowest BCUT2D eigenvalue weighted by Gasteiger charge is -2.34. The van der Waals surface area contributed by atoms with E-state index < -0.39 is 11.6 Å². The molecular formula is C35H34ClF2N5O3. The molecule has 3 aliphatic heterocycles. The van der Waals surface area contributed by atoms with Gasteiger partial charge in [-0.05, 0) is 55.3 Å². The summed E-state index contributed by atoms with van der Waals surface area (Å²) in [7, 11) is 0. The first kappa shape index (κ1) is 29.6. The molecule has 4 fully saturated rings. The Labute approximate surface area is 270 Å². The number of morpholine rings is 1. The van der Waals surface area contributed by atoms with Gasteiger partial charge in [-0.1, -0.05) is 23.6 Å². The first-order valence-electron chi connectivity index (χ1n) is 15.9. The van der Waals surface area contributed by atoms with Crippen LogP contribution in [0.3, 0.4) is 0 Å². The van der Waals surface area contributed by atoms with Crippen molar-refractivity contribution in [3.8, 4) is 35.2 Å². The van der Waals surface area contributed by atoms with Crippen LogP contribution in [0.5, 0.6) is 11.8 Å². The third-order valence-electron chi connectivity index (χ3n) is 9.95.